The van der Waals surface area contributed by atoms with E-state index in [4.69, 9.17) is 0 Å². The second-order valence-electron chi connectivity index (χ2n) is 5.32. The number of rotatable bonds is 3. The number of nitrogens with one attached hydrogen (secondary N) is 1. The maximum atomic E-state index is 13.2. The number of halogens is 4. The summed E-state index contributed by atoms with van der Waals surface area (Å²) in [6.07, 6.45) is -2.61. The van der Waals surface area contributed by atoms with Crippen LogP contribution in [0, 0.1) is 11.7 Å². The van der Waals surface area contributed by atoms with Crippen molar-refractivity contribution in [2.75, 3.05) is 32.0 Å². The Bertz CT molecular complexity index is 451. The van der Waals surface area contributed by atoms with E-state index in [0.717, 1.165) is 38.1 Å². The third kappa shape index (κ3) is 3.85. The third-order valence-electron chi connectivity index (χ3n) is 3.70. The van der Waals surface area contributed by atoms with E-state index >= 15 is 0 Å². The number of hydrogen-bond acceptors (Lipinski definition) is 2. The van der Waals surface area contributed by atoms with Crippen LogP contribution in [0.1, 0.15) is 18.4 Å². The number of nitrogens with zero attached hydrogens (tertiary/aromatic N) is 1. The van der Waals surface area contributed by atoms with Gasteiger partial charge in [-0.2, -0.15) is 13.2 Å². The Balaban J connectivity index is 1.96. The van der Waals surface area contributed by atoms with E-state index in [-0.39, 0.29) is 0 Å². The average Bonchev–Trinajstić information content (AvgIpc) is 2.38. The van der Waals surface area contributed by atoms with Crippen molar-refractivity contribution in [3.63, 3.8) is 0 Å². The molecule has 0 amide bonds. The Hall–Kier alpha value is -1.30. The molecule has 0 bridgehead atoms. The van der Waals surface area contributed by atoms with Crippen LogP contribution in [-0.4, -0.2) is 31.6 Å². The lowest BCUT2D eigenvalue weighted by atomic mass is 9.97. The minimum absolute atomic E-state index is 0.317. The van der Waals surface area contributed by atoms with Gasteiger partial charge in [-0.05, 0) is 57.1 Å². The molecule has 0 aromatic heterocycles. The molecule has 0 unspecified atom stereocenters. The molecule has 1 heterocycles. The van der Waals surface area contributed by atoms with E-state index in [1.807, 2.05) is 0 Å². The maximum absolute atomic E-state index is 13.2. The number of piperidine rings is 1. The molecule has 2 nitrogen and oxygen atoms in total. The van der Waals surface area contributed by atoms with Gasteiger partial charge in [-0.3, -0.25) is 0 Å². The number of benzene rings is 1. The molecular formula is C14H18F4N2. The van der Waals surface area contributed by atoms with Gasteiger partial charge >= 0.3 is 6.18 Å². The minimum atomic E-state index is -4.66. The molecule has 112 valence electrons. The molecule has 1 aliphatic rings. The quantitative estimate of drug-likeness (QED) is 0.856. The number of likely N-dealkylation sites (tertiary alicyclic amines) is 1. The van der Waals surface area contributed by atoms with Gasteiger partial charge in [-0.25, -0.2) is 4.39 Å². The summed E-state index contributed by atoms with van der Waals surface area (Å²) in [6, 6.07) is 3.05. The first-order chi connectivity index (χ1) is 9.36. The maximum Gasteiger partial charge on any atom is 0.419 e. The van der Waals surface area contributed by atoms with E-state index in [1.54, 1.807) is 0 Å². The van der Waals surface area contributed by atoms with Crippen LogP contribution in [-0.2, 0) is 6.18 Å². The molecule has 0 aliphatic carbocycles. The Kier molecular flexibility index (Phi) is 4.52. The average molecular weight is 290 g/mol. The van der Waals surface area contributed by atoms with Crippen LogP contribution in [0.5, 0.6) is 0 Å². The van der Waals surface area contributed by atoms with Crippen LogP contribution >= 0.6 is 0 Å². The number of hydrogen-bond donors (Lipinski definition) is 1. The zero-order valence-electron chi connectivity index (χ0n) is 11.3. The van der Waals surface area contributed by atoms with E-state index < -0.39 is 17.6 Å². The van der Waals surface area contributed by atoms with E-state index in [0.29, 0.717) is 18.2 Å². The standard InChI is InChI=1S/C14H18F4N2/c1-20-6-4-10(5-7-20)9-19-11-2-3-13(15)12(8-11)14(16,17)18/h2-3,8,10,19H,4-7,9H2,1H3. The highest BCUT2D eigenvalue weighted by Crippen LogP contribution is 2.33. The highest BCUT2D eigenvalue weighted by molar-refractivity contribution is 5.47. The highest BCUT2D eigenvalue weighted by atomic mass is 19.4. The van der Waals surface area contributed by atoms with E-state index in [2.05, 4.69) is 17.3 Å². The van der Waals surface area contributed by atoms with Crippen molar-refractivity contribution in [2.24, 2.45) is 5.92 Å². The lowest BCUT2D eigenvalue weighted by molar-refractivity contribution is -0.139. The molecule has 1 N–H and O–H groups in total. The SMILES string of the molecule is CN1CCC(CNc2ccc(F)c(C(F)(F)F)c2)CC1. The van der Waals surface area contributed by atoms with Crippen molar-refractivity contribution in [3.05, 3.63) is 29.6 Å². The van der Waals surface area contributed by atoms with Crippen molar-refractivity contribution in [1.82, 2.24) is 4.90 Å². The van der Waals surface area contributed by atoms with Crippen molar-refractivity contribution in [1.29, 1.82) is 0 Å². The molecule has 1 fully saturated rings. The van der Waals surface area contributed by atoms with Crippen LogP contribution in [0.25, 0.3) is 0 Å². The molecule has 0 spiro atoms. The lowest BCUT2D eigenvalue weighted by Crippen LogP contribution is -2.32. The fourth-order valence-electron chi connectivity index (χ4n) is 2.38. The smallest absolute Gasteiger partial charge is 0.385 e. The normalized spacial score (nSPS) is 18.2. The monoisotopic (exact) mass is 290 g/mol. The number of alkyl halides is 3. The molecule has 1 aromatic carbocycles. The molecular weight excluding hydrogens is 272 g/mol. The second kappa shape index (κ2) is 5.99. The summed E-state index contributed by atoms with van der Waals surface area (Å²) in [5.74, 6) is -0.784. The van der Waals surface area contributed by atoms with Crippen LogP contribution in [0.3, 0.4) is 0 Å². The van der Waals surface area contributed by atoms with Gasteiger partial charge in [-0.1, -0.05) is 0 Å². The van der Waals surface area contributed by atoms with Crippen LogP contribution in [0.2, 0.25) is 0 Å². The molecule has 0 radical (unpaired) electrons. The first-order valence-corrected chi connectivity index (χ1v) is 6.65. The predicted octanol–water partition coefficient (Wildman–Crippen LogP) is 3.60. The van der Waals surface area contributed by atoms with Crippen molar-refractivity contribution in [3.8, 4) is 0 Å². The highest BCUT2D eigenvalue weighted by Gasteiger charge is 2.34. The van der Waals surface area contributed by atoms with Crippen LogP contribution < -0.4 is 5.32 Å². The van der Waals surface area contributed by atoms with Crippen LogP contribution in [0.4, 0.5) is 23.2 Å². The van der Waals surface area contributed by atoms with Gasteiger partial charge in [0.2, 0.25) is 0 Å². The van der Waals surface area contributed by atoms with Gasteiger partial charge in [0.25, 0.3) is 0 Å². The zero-order chi connectivity index (χ0) is 14.8. The third-order valence-corrected chi connectivity index (χ3v) is 3.70. The van der Waals surface area contributed by atoms with Crippen molar-refractivity contribution in [2.45, 2.75) is 19.0 Å². The lowest BCUT2D eigenvalue weighted by Gasteiger charge is -2.29. The topological polar surface area (TPSA) is 15.3 Å². The summed E-state index contributed by atoms with van der Waals surface area (Å²) < 4.78 is 50.9. The first kappa shape index (κ1) is 15.1. The van der Waals surface area contributed by atoms with Gasteiger partial charge in [-0.15, -0.1) is 0 Å². The summed E-state index contributed by atoms with van der Waals surface area (Å²) in [7, 11) is 2.05. The Labute approximate surface area is 115 Å². The van der Waals surface area contributed by atoms with Gasteiger partial charge in [0.05, 0.1) is 5.56 Å². The second-order valence-corrected chi connectivity index (χ2v) is 5.32. The zero-order valence-corrected chi connectivity index (χ0v) is 11.3. The van der Waals surface area contributed by atoms with Gasteiger partial charge in [0, 0.05) is 12.2 Å². The molecule has 1 aliphatic heterocycles. The van der Waals surface area contributed by atoms with Crippen LogP contribution in [0.15, 0.2) is 18.2 Å². The van der Waals surface area contributed by atoms with Gasteiger partial charge in [0.15, 0.2) is 0 Å². The fraction of sp³-hybridized carbons (Fsp3) is 0.571. The molecule has 6 heteroatoms. The van der Waals surface area contributed by atoms with Gasteiger partial charge in [0.1, 0.15) is 5.82 Å². The summed E-state index contributed by atoms with van der Waals surface area (Å²) in [5, 5.41) is 2.98. The van der Waals surface area contributed by atoms with E-state index in [9.17, 15) is 17.6 Å². The summed E-state index contributed by atoms with van der Waals surface area (Å²) in [6.45, 7) is 2.63. The Morgan fingerprint density at radius 1 is 1.25 bits per heavy atom. The minimum Gasteiger partial charge on any atom is -0.385 e. The Morgan fingerprint density at radius 3 is 2.50 bits per heavy atom. The summed E-state index contributed by atoms with van der Waals surface area (Å²) in [5.41, 5.74) is -0.900. The summed E-state index contributed by atoms with van der Waals surface area (Å²) in [4.78, 5) is 2.23. The molecule has 1 saturated heterocycles. The predicted molar refractivity (Wildman–Crippen MR) is 70.1 cm³/mol. The molecule has 20 heavy (non-hydrogen) atoms. The first-order valence-electron chi connectivity index (χ1n) is 6.65. The van der Waals surface area contributed by atoms with Crippen molar-refractivity contribution >= 4 is 5.69 Å². The number of anilines is 1. The fourth-order valence-corrected chi connectivity index (χ4v) is 2.38. The van der Waals surface area contributed by atoms with E-state index in [1.165, 1.54) is 6.07 Å². The molecule has 1 aromatic rings. The largest absolute Gasteiger partial charge is 0.419 e. The molecule has 0 saturated carbocycles. The van der Waals surface area contributed by atoms with Crippen molar-refractivity contribution < 1.29 is 17.6 Å². The van der Waals surface area contributed by atoms with Gasteiger partial charge < -0.3 is 10.2 Å². The molecule has 2 rings (SSSR count). The Morgan fingerprint density at radius 2 is 1.90 bits per heavy atom. The molecule has 0 atom stereocenters. The summed E-state index contributed by atoms with van der Waals surface area (Å²) >= 11 is 0.